The Labute approximate surface area is 155 Å². The summed E-state index contributed by atoms with van der Waals surface area (Å²) in [4.78, 5) is 12.0. The van der Waals surface area contributed by atoms with Crippen molar-refractivity contribution in [3.63, 3.8) is 0 Å². The molecule has 0 radical (unpaired) electrons. The van der Waals surface area contributed by atoms with Crippen LogP contribution in [0.1, 0.15) is 5.56 Å². The molecule has 1 aromatic heterocycles. The summed E-state index contributed by atoms with van der Waals surface area (Å²) in [6.07, 6.45) is 0. The summed E-state index contributed by atoms with van der Waals surface area (Å²) in [5.74, 6) is 0.437. The Hall–Kier alpha value is -2.75. The standard InChI is InChI=1S/C16H14ClN5O3S/c1-10-3-2-4-12(9-10)19-16-21-14(17)20-15(22-16)18-11-5-7-13(8-6-11)26(23,24)25/h2-9H,1H3,(H,23,24,25)(H2,18,19,20,21,22). The molecule has 3 rings (SSSR count). The SMILES string of the molecule is Cc1cccc(Nc2nc(Cl)nc(Nc3ccc(S(=O)(=O)O)cc3)n2)c1. The summed E-state index contributed by atoms with van der Waals surface area (Å²) in [6, 6.07) is 13.1. The van der Waals surface area contributed by atoms with Crippen LogP contribution in [0.5, 0.6) is 0 Å². The molecule has 1 heterocycles. The summed E-state index contributed by atoms with van der Waals surface area (Å²) in [6.45, 7) is 1.97. The van der Waals surface area contributed by atoms with Crippen molar-refractivity contribution in [3.05, 3.63) is 59.4 Å². The quantitative estimate of drug-likeness (QED) is 0.565. The number of hydrogen-bond donors (Lipinski definition) is 3. The third-order valence-corrected chi connectivity index (χ3v) is 4.33. The van der Waals surface area contributed by atoms with Crippen LogP contribution in [0, 0.1) is 6.92 Å². The van der Waals surface area contributed by atoms with E-state index in [1.54, 1.807) is 0 Å². The van der Waals surface area contributed by atoms with Crippen LogP contribution in [0.2, 0.25) is 5.28 Å². The van der Waals surface area contributed by atoms with Crippen molar-refractivity contribution >= 4 is 45.0 Å². The Balaban J connectivity index is 1.81. The average Bonchev–Trinajstić information content (AvgIpc) is 2.54. The van der Waals surface area contributed by atoms with Crippen molar-refractivity contribution in [2.24, 2.45) is 0 Å². The fourth-order valence-corrected chi connectivity index (χ4v) is 2.79. The van der Waals surface area contributed by atoms with Gasteiger partial charge < -0.3 is 10.6 Å². The van der Waals surface area contributed by atoms with Gasteiger partial charge in [-0.2, -0.15) is 23.4 Å². The zero-order valence-electron chi connectivity index (χ0n) is 13.5. The summed E-state index contributed by atoms with van der Waals surface area (Å²) in [5.41, 5.74) is 2.39. The third-order valence-electron chi connectivity index (χ3n) is 3.29. The maximum absolute atomic E-state index is 11.1. The minimum Gasteiger partial charge on any atom is -0.324 e. The van der Waals surface area contributed by atoms with Gasteiger partial charge in [-0.1, -0.05) is 12.1 Å². The predicted molar refractivity (Wildman–Crippen MR) is 98.8 cm³/mol. The van der Waals surface area contributed by atoms with E-state index in [2.05, 4.69) is 25.6 Å². The van der Waals surface area contributed by atoms with Crippen LogP contribution in [0.15, 0.2) is 53.4 Å². The molecule has 8 nitrogen and oxygen atoms in total. The lowest BCUT2D eigenvalue weighted by atomic mass is 10.2. The van der Waals surface area contributed by atoms with E-state index in [0.29, 0.717) is 5.69 Å². The first-order valence-electron chi connectivity index (χ1n) is 7.39. The number of aryl methyl sites for hydroxylation is 1. The summed E-state index contributed by atoms with van der Waals surface area (Å²) >= 11 is 5.94. The van der Waals surface area contributed by atoms with Crippen molar-refractivity contribution in [1.82, 2.24) is 15.0 Å². The number of hydrogen-bond acceptors (Lipinski definition) is 7. The number of rotatable bonds is 5. The first-order chi connectivity index (χ1) is 12.3. The summed E-state index contributed by atoms with van der Waals surface area (Å²) < 4.78 is 31.1. The highest BCUT2D eigenvalue weighted by molar-refractivity contribution is 7.85. The Morgan fingerprint density at radius 1 is 0.923 bits per heavy atom. The molecule has 0 aliphatic rings. The summed E-state index contributed by atoms with van der Waals surface area (Å²) in [5, 5.41) is 5.93. The van der Waals surface area contributed by atoms with E-state index in [0.717, 1.165) is 11.3 Å². The lowest BCUT2D eigenvalue weighted by Crippen LogP contribution is -2.04. The van der Waals surface area contributed by atoms with Crippen LogP contribution >= 0.6 is 11.6 Å². The van der Waals surface area contributed by atoms with E-state index in [1.807, 2.05) is 31.2 Å². The molecular formula is C16H14ClN5O3S. The van der Waals surface area contributed by atoms with Gasteiger partial charge >= 0.3 is 0 Å². The Kier molecular flexibility index (Phi) is 5.03. The Morgan fingerprint density at radius 3 is 2.12 bits per heavy atom. The molecule has 0 fully saturated rings. The fourth-order valence-electron chi connectivity index (χ4n) is 2.15. The van der Waals surface area contributed by atoms with Gasteiger partial charge in [-0.05, 0) is 60.5 Å². The Bertz CT molecular complexity index is 1040. The lowest BCUT2D eigenvalue weighted by molar-refractivity contribution is 0.483. The third kappa shape index (κ3) is 4.66. The Morgan fingerprint density at radius 2 is 1.54 bits per heavy atom. The van der Waals surface area contributed by atoms with Crippen molar-refractivity contribution in [3.8, 4) is 0 Å². The summed E-state index contributed by atoms with van der Waals surface area (Å²) in [7, 11) is -4.24. The van der Waals surface area contributed by atoms with Crippen LogP contribution in [-0.2, 0) is 10.1 Å². The van der Waals surface area contributed by atoms with E-state index in [-0.39, 0.29) is 22.1 Å². The highest BCUT2D eigenvalue weighted by Crippen LogP contribution is 2.20. The van der Waals surface area contributed by atoms with Gasteiger partial charge in [-0.25, -0.2) is 0 Å². The molecule has 3 N–H and O–H groups in total. The van der Waals surface area contributed by atoms with Crippen molar-refractivity contribution < 1.29 is 13.0 Å². The van der Waals surface area contributed by atoms with Crippen LogP contribution in [0.4, 0.5) is 23.3 Å². The zero-order valence-corrected chi connectivity index (χ0v) is 15.1. The van der Waals surface area contributed by atoms with Crippen molar-refractivity contribution in [1.29, 1.82) is 0 Å². The van der Waals surface area contributed by atoms with Crippen LogP contribution in [-0.4, -0.2) is 27.9 Å². The molecule has 0 atom stereocenters. The fraction of sp³-hybridized carbons (Fsp3) is 0.0625. The van der Waals surface area contributed by atoms with Gasteiger partial charge in [0, 0.05) is 11.4 Å². The number of nitrogens with one attached hydrogen (secondary N) is 2. The molecule has 0 aliphatic carbocycles. The van der Waals surface area contributed by atoms with E-state index in [4.69, 9.17) is 16.2 Å². The molecule has 0 saturated carbocycles. The molecule has 134 valence electrons. The minimum atomic E-state index is -4.24. The minimum absolute atomic E-state index is 0.00721. The van der Waals surface area contributed by atoms with Crippen LogP contribution < -0.4 is 10.6 Å². The maximum atomic E-state index is 11.1. The van der Waals surface area contributed by atoms with E-state index in [1.165, 1.54) is 24.3 Å². The second-order valence-electron chi connectivity index (χ2n) is 5.37. The van der Waals surface area contributed by atoms with E-state index in [9.17, 15) is 8.42 Å². The lowest BCUT2D eigenvalue weighted by Gasteiger charge is -2.09. The van der Waals surface area contributed by atoms with Crippen molar-refractivity contribution in [2.45, 2.75) is 11.8 Å². The van der Waals surface area contributed by atoms with E-state index < -0.39 is 10.1 Å². The zero-order chi connectivity index (χ0) is 18.7. The second-order valence-corrected chi connectivity index (χ2v) is 7.13. The molecule has 0 spiro atoms. The monoisotopic (exact) mass is 391 g/mol. The molecule has 26 heavy (non-hydrogen) atoms. The molecule has 10 heteroatoms. The highest BCUT2D eigenvalue weighted by Gasteiger charge is 2.10. The highest BCUT2D eigenvalue weighted by atomic mass is 35.5. The van der Waals surface area contributed by atoms with Crippen LogP contribution in [0.25, 0.3) is 0 Å². The van der Waals surface area contributed by atoms with Crippen molar-refractivity contribution in [2.75, 3.05) is 10.6 Å². The number of anilines is 4. The van der Waals surface area contributed by atoms with Gasteiger partial charge in [-0.15, -0.1) is 0 Å². The van der Waals surface area contributed by atoms with Gasteiger partial charge in [0.15, 0.2) is 0 Å². The molecule has 0 unspecified atom stereocenters. The molecule has 0 saturated heterocycles. The molecule has 0 aliphatic heterocycles. The maximum Gasteiger partial charge on any atom is 0.294 e. The number of nitrogens with zero attached hydrogens (tertiary/aromatic N) is 3. The predicted octanol–water partition coefficient (Wildman–Crippen LogP) is 3.57. The molecule has 3 aromatic rings. The average molecular weight is 392 g/mol. The smallest absolute Gasteiger partial charge is 0.294 e. The first-order valence-corrected chi connectivity index (χ1v) is 9.21. The first kappa shape index (κ1) is 18.1. The topological polar surface area (TPSA) is 117 Å². The molecule has 0 amide bonds. The van der Waals surface area contributed by atoms with Gasteiger partial charge in [0.25, 0.3) is 10.1 Å². The number of aromatic nitrogens is 3. The van der Waals surface area contributed by atoms with Gasteiger partial charge in [0.05, 0.1) is 4.90 Å². The largest absolute Gasteiger partial charge is 0.324 e. The van der Waals surface area contributed by atoms with Crippen LogP contribution in [0.3, 0.4) is 0 Å². The van der Waals surface area contributed by atoms with Gasteiger partial charge in [-0.3, -0.25) is 4.55 Å². The molecule has 2 aromatic carbocycles. The number of halogens is 1. The number of benzene rings is 2. The molecule has 0 bridgehead atoms. The second kappa shape index (κ2) is 7.24. The van der Waals surface area contributed by atoms with Gasteiger partial charge in [0.1, 0.15) is 0 Å². The molecular weight excluding hydrogens is 378 g/mol. The van der Waals surface area contributed by atoms with E-state index >= 15 is 0 Å². The normalized spacial score (nSPS) is 11.2. The van der Waals surface area contributed by atoms with Gasteiger partial charge in [0.2, 0.25) is 17.2 Å².